The Bertz CT molecular complexity index is 399. The molecule has 0 saturated carbocycles. The van der Waals surface area contributed by atoms with E-state index in [2.05, 4.69) is 28.2 Å². The molecule has 0 bridgehead atoms. The molecule has 2 nitrogen and oxygen atoms in total. The van der Waals surface area contributed by atoms with Gasteiger partial charge in [0.05, 0.1) is 0 Å². The zero-order valence-corrected chi connectivity index (χ0v) is 12.2. The second-order valence-corrected chi connectivity index (χ2v) is 5.99. The lowest BCUT2D eigenvalue weighted by Gasteiger charge is -2.13. The number of rotatable bonds is 6. The normalized spacial score (nSPS) is 19.4. The van der Waals surface area contributed by atoms with Crippen LogP contribution in [-0.4, -0.2) is 24.0 Å². The quantitative estimate of drug-likeness (QED) is 0.642. The highest BCUT2D eigenvalue weighted by molar-refractivity contribution is 9.09. The van der Waals surface area contributed by atoms with Crippen LogP contribution in [0.3, 0.4) is 0 Å². The number of halogens is 2. The summed E-state index contributed by atoms with van der Waals surface area (Å²) >= 11 is 3.61. The van der Waals surface area contributed by atoms with E-state index in [4.69, 9.17) is 4.74 Å². The van der Waals surface area contributed by atoms with Crippen molar-refractivity contribution in [1.82, 2.24) is 5.32 Å². The van der Waals surface area contributed by atoms with Crippen LogP contribution in [0, 0.1) is 5.82 Å². The molecule has 1 aromatic rings. The average Bonchev–Trinajstić information content (AvgIpc) is 2.76. The topological polar surface area (TPSA) is 21.3 Å². The molecule has 1 aromatic carbocycles. The Labute approximate surface area is 116 Å². The molecule has 0 fully saturated rings. The largest absolute Gasteiger partial charge is 0.488 e. The van der Waals surface area contributed by atoms with E-state index in [1.165, 1.54) is 6.07 Å². The van der Waals surface area contributed by atoms with Gasteiger partial charge in [-0.15, -0.1) is 0 Å². The van der Waals surface area contributed by atoms with Gasteiger partial charge in [-0.2, -0.15) is 0 Å². The van der Waals surface area contributed by atoms with Gasteiger partial charge in [-0.1, -0.05) is 22.9 Å². The van der Waals surface area contributed by atoms with Crippen molar-refractivity contribution in [2.24, 2.45) is 0 Å². The number of ether oxygens (including phenoxy) is 1. The highest BCUT2D eigenvalue weighted by Crippen LogP contribution is 2.28. The predicted octanol–water partition coefficient (Wildman–Crippen LogP) is 3.28. The Morgan fingerprint density at radius 3 is 3.17 bits per heavy atom. The fourth-order valence-electron chi connectivity index (χ4n) is 2.13. The van der Waals surface area contributed by atoms with Gasteiger partial charge in [0.15, 0.2) is 0 Å². The van der Waals surface area contributed by atoms with Gasteiger partial charge in [0.2, 0.25) is 0 Å². The van der Waals surface area contributed by atoms with E-state index in [0.29, 0.717) is 4.83 Å². The molecule has 2 rings (SSSR count). The van der Waals surface area contributed by atoms with Crippen molar-refractivity contribution in [3.63, 3.8) is 0 Å². The minimum Gasteiger partial charge on any atom is -0.488 e. The number of nitrogens with one attached hydrogen (secondary N) is 1. The van der Waals surface area contributed by atoms with E-state index in [9.17, 15) is 4.39 Å². The van der Waals surface area contributed by atoms with Crippen molar-refractivity contribution in [3.05, 3.63) is 29.6 Å². The Morgan fingerprint density at radius 1 is 1.56 bits per heavy atom. The summed E-state index contributed by atoms with van der Waals surface area (Å²) in [6, 6.07) is 4.74. The van der Waals surface area contributed by atoms with Crippen molar-refractivity contribution in [2.75, 3.05) is 13.1 Å². The maximum Gasteiger partial charge on any atom is 0.123 e. The van der Waals surface area contributed by atoms with Crippen molar-refractivity contribution >= 4 is 15.9 Å². The Kier molecular flexibility index (Phi) is 5.01. The molecule has 0 radical (unpaired) electrons. The SMILES string of the molecule is CCC(Br)CCNCC1Cc2cc(F)ccc2O1. The summed E-state index contributed by atoms with van der Waals surface area (Å²) in [7, 11) is 0. The van der Waals surface area contributed by atoms with Crippen molar-refractivity contribution in [3.8, 4) is 5.75 Å². The molecule has 1 heterocycles. The van der Waals surface area contributed by atoms with Gasteiger partial charge in [-0.3, -0.25) is 0 Å². The molecular weight excluding hydrogens is 297 g/mol. The van der Waals surface area contributed by atoms with Crippen LogP contribution in [0.1, 0.15) is 25.3 Å². The third kappa shape index (κ3) is 3.69. The maximum absolute atomic E-state index is 13.0. The van der Waals surface area contributed by atoms with E-state index in [-0.39, 0.29) is 11.9 Å². The summed E-state index contributed by atoms with van der Waals surface area (Å²) in [5.74, 6) is 0.645. The molecule has 1 aliphatic heterocycles. The summed E-state index contributed by atoms with van der Waals surface area (Å²) < 4.78 is 18.8. The zero-order valence-electron chi connectivity index (χ0n) is 10.6. The molecule has 4 heteroatoms. The molecule has 0 amide bonds. The fourth-order valence-corrected chi connectivity index (χ4v) is 2.36. The van der Waals surface area contributed by atoms with Crippen LogP contribution >= 0.6 is 15.9 Å². The van der Waals surface area contributed by atoms with Crippen LogP contribution < -0.4 is 10.1 Å². The first-order valence-corrected chi connectivity index (χ1v) is 7.40. The fraction of sp³-hybridized carbons (Fsp3) is 0.571. The number of fused-ring (bicyclic) bond motifs is 1. The average molecular weight is 316 g/mol. The van der Waals surface area contributed by atoms with Crippen LogP contribution in [0.15, 0.2) is 18.2 Å². The van der Waals surface area contributed by atoms with Crippen molar-refractivity contribution in [2.45, 2.75) is 37.1 Å². The second kappa shape index (κ2) is 6.53. The van der Waals surface area contributed by atoms with Gasteiger partial charge >= 0.3 is 0 Å². The molecule has 2 unspecified atom stereocenters. The Balaban J connectivity index is 1.71. The summed E-state index contributed by atoms with van der Waals surface area (Å²) in [5.41, 5.74) is 0.980. The first-order chi connectivity index (χ1) is 8.69. The van der Waals surface area contributed by atoms with E-state index in [1.807, 2.05) is 0 Å². The van der Waals surface area contributed by atoms with Gasteiger partial charge in [0.1, 0.15) is 17.7 Å². The number of hydrogen-bond acceptors (Lipinski definition) is 2. The van der Waals surface area contributed by atoms with Crippen LogP contribution in [0.25, 0.3) is 0 Å². The molecule has 0 aromatic heterocycles. The molecule has 0 spiro atoms. The van der Waals surface area contributed by atoms with Crippen LogP contribution in [-0.2, 0) is 6.42 Å². The Morgan fingerprint density at radius 2 is 2.39 bits per heavy atom. The predicted molar refractivity (Wildman–Crippen MR) is 75.0 cm³/mol. The maximum atomic E-state index is 13.0. The zero-order chi connectivity index (χ0) is 13.0. The lowest BCUT2D eigenvalue weighted by molar-refractivity contribution is 0.227. The van der Waals surface area contributed by atoms with Crippen LogP contribution in [0.5, 0.6) is 5.75 Å². The van der Waals surface area contributed by atoms with Gasteiger partial charge in [-0.05, 0) is 37.6 Å². The van der Waals surface area contributed by atoms with Crippen molar-refractivity contribution in [1.29, 1.82) is 0 Å². The Hall–Kier alpha value is -0.610. The minimum atomic E-state index is -0.184. The third-order valence-electron chi connectivity index (χ3n) is 3.21. The first kappa shape index (κ1) is 13.8. The van der Waals surface area contributed by atoms with E-state index < -0.39 is 0 Å². The van der Waals surface area contributed by atoms with E-state index in [1.54, 1.807) is 12.1 Å². The molecule has 1 N–H and O–H groups in total. The first-order valence-electron chi connectivity index (χ1n) is 6.49. The van der Waals surface area contributed by atoms with Crippen LogP contribution in [0.4, 0.5) is 4.39 Å². The summed E-state index contributed by atoms with van der Waals surface area (Å²) in [4.78, 5) is 0.584. The molecule has 100 valence electrons. The summed E-state index contributed by atoms with van der Waals surface area (Å²) in [5, 5.41) is 3.39. The van der Waals surface area contributed by atoms with Crippen LogP contribution in [0.2, 0.25) is 0 Å². The molecular formula is C14H19BrFNO. The van der Waals surface area contributed by atoms with E-state index in [0.717, 1.165) is 43.7 Å². The smallest absolute Gasteiger partial charge is 0.123 e. The lowest BCUT2D eigenvalue weighted by atomic mass is 10.1. The highest BCUT2D eigenvalue weighted by atomic mass is 79.9. The summed E-state index contributed by atoms with van der Waals surface area (Å²) in [6.07, 6.45) is 3.19. The molecule has 2 atom stereocenters. The lowest BCUT2D eigenvalue weighted by Crippen LogP contribution is -2.31. The van der Waals surface area contributed by atoms with Gasteiger partial charge in [0, 0.05) is 23.4 Å². The number of hydrogen-bond donors (Lipinski definition) is 1. The molecule has 18 heavy (non-hydrogen) atoms. The third-order valence-corrected chi connectivity index (χ3v) is 4.32. The number of benzene rings is 1. The van der Waals surface area contributed by atoms with Gasteiger partial charge in [-0.25, -0.2) is 4.39 Å². The standard InChI is InChI=1S/C14H19BrFNO/c1-2-11(15)5-6-17-9-13-8-10-7-12(16)3-4-14(10)18-13/h3-4,7,11,13,17H,2,5-6,8-9H2,1H3. The monoisotopic (exact) mass is 315 g/mol. The second-order valence-electron chi connectivity index (χ2n) is 4.69. The summed E-state index contributed by atoms with van der Waals surface area (Å²) in [6.45, 7) is 3.97. The number of alkyl halides is 1. The molecule has 1 aliphatic rings. The van der Waals surface area contributed by atoms with Gasteiger partial charge in [0.25, 0.3) is 0 Å². The van der Waals surface area contributed by atoms with E-state index >= 15 is 0 Å². The highest BCUT2D eigenvalue weighted by Gasteiger charge is 2.22. The molecule has 0 aliphatic carbocycles. The minimum absolute atomic E-state index is 0.136. The van der Waals surface area contributed by atoms with Gasteiger partial charge < -0.3 is 10.1 Å². The molecule has 0 saturated heterocycles. The van der Waals surface area contributed by atoms with Crippen molar-refractivity contribution < 1.29 is 9.13 Å².